The highest BCUT2D eigenvalue weighted by molar-refractivity contribution is 5.90. The molecule has 0 aliphatic heterocycles. The number of aromatic nitrogens is 2. The Bertz CT molecular complexity index is 720. The van der Waals surface area contributed by atoms with Gasteiger partial charge in [-0.3, -0.25) is 4.68 Å². The first kappa shape index (κ1) is 16.5. The van der Waals surface area contributed by atoms with Crippen LogP contribution in [0.15, 0.2) is 24.3 Å². The molecule has 0 bridgehead atoms. The second kappa shape index (κ2) is 6.95. The third kappa shape index (κ3) is 3.88. The molecule has 0 fully saturated rings. The minimum Gasteiger partial charge on any atom is -0.478 e. The van der Waals surface area contributed by atoms with Gasteiger partial charge in [0.05, 0.1) is 22.6 Å². The van der Waals surface area contributed by atoms with Crippen molar-refractivity contribution in [2.45, 2.75) is 33.9 Å². The summed E-state index contributed by atoms with van der Waals surface area (Å²) < 4.78 is 1.83. The van der Waals surface area contributed by atoms with Crippen molar-refractivity contribution in [1.82, 2.24) is 15.1 Å². The van der Waals surface area contributed by atoms with Gasteiger partial charge < -0.3 is 15.7 Å². The van der Waals surface area contributed by atoms with Crippen LogP contribution in [0.2, 0.25) is 0 Å². The van der Waals surface area contributed by atoms with E-state index in [-0.39, 0.29) is 11.6 Å². The normalized spacial score (nSPS) is 10.4. The third-order valence-electron chi connectivity index (χ3n) is 3.57. The maximum Gasteiger partial charge on any atom is 0.335 e. The molecule has 23 heavy (non-hydrogen) atoms. The fourth-order valence-electron chi connectivity index (χ4n) is 2.29. The van der Waals surface area contributed by atoms with E-state index in [1.165, 1.54) is 12.1 Å². The molecule has 1 heterocycles. The van der Waals surface area contributed by atoms with Gasteiger partial charge in [0, 0.05) is 13.1 Å². The van der Waals surface area contributed by atoms with Gasteiger partial charge in [0.15, 0.2) is 0 Å². The largest absolute Gasteiger partial charge is 0.478 e. The Labute approximate surface area is 134 Å². The molecule has 2 amide bonds. The number of urea groups is 1. The van der Waals surface area contributed by atoms with Crippen molar-refractivity contribution in [3.05, 3.63) is 46.8 Å². The lowest BCUT2D eigenvalue weighted by molar-refractivity contribution is 0.0697. The van der Waals surface area contributed by atoms with E-state index in [0.29, 0.717) is 12.2 Å². The molecule has 0 aliphatic rings. The molecule has 0 radical (unpaired) electrons. The summed E-state index contributed by atoms with van der Waals surface area (Å²) in [4.78, 5) is 22.8. The van der Waals surface area contributed by atoms with Crippen molar-refractivity contribution in [3.63, 3.8) is 0 Å². The summed E-state index contributed by atoms with van der Waals surface area (Å²) in [5, 5.41) is 18.7. The van der Waals surface area contributed by atoms with Crippen LogP contribution in [0.5, 0.6) is 0 Å². The van der Waals surface area contributed by atoms with E-state index >= 15 is 0 Å². The summed E-state index contributed by atoms with van der Waals surface area (Å²) in [6.07, 6.45) is 0. The molecular formula is C16H20N4O3. The van der Waals surface area contributed by atoms with Gasteiger partial charge in [-0.25, -0.2) is 9.59 Å². The number of carboxylic acids is 1. The van der Waals surface area contributed by atoms with Crippen LogP contribution in [0.4, 0.5) is 10.5 Å². The Morgan fingerprint density at radius 2 is 1.87 bits per heavy atom. The number of benzene rings is 1. The molecule has 3 N–H and O–H groups in total. The van der Waals surface area contributed by atoms with Crippen LogP contribution in [0.3, 0.4) is 0 Å². The number of aromatic carboxylic acids is 1. The first-order valence-corrected chi connectivity index (χ1v) is 7.33. The summed E-state index contributed by atoms with van der Waals surface area (Å²) in [5.74, 6) is -0.971. The zero-order valence-electron chi connectivity index (χ0n) is 13.4. The average molecular weight is 316 g/mol. The molecule has 1 aromatic heterocycles. The average Bonchev–Trinajstić information content (AvgIpc) is 2.80. The van der Waals surface area contributed by atoms with Crippen molar-refractivity contribution >= 4 is 17.7 Å². The fraction of sp³-hybridized carbons (Fsp3) is 0.312. The number of rotatable bonds is 5. The van der Waals surface area contributed by atoms with E-state index in [0.717, 1.165) is 23.5 Å². The third-order valence-corrected chi connectivity index (χ3v) is 3.57. The first-order valence-electron chi connectivity index (χ1n) is 7.33. The van der Waals surface area contributed by atoms with Crippen LogP contribution in [0, 0.1) is 13.8 Å². The monoisotopic (exact) mass is 316 g/mol. The molecule has 0 atom stereocenters. The Kier molecular flexibility index (Phi) is 5.00. The molecule has 122 valence electrons. The zero-order valence-corrected chi connectivity index (χ0v) is 13.4. The molecule has 0 aliphatic carbocycles. The summed E-state index contributed by atoms with van der Waals surface area (Å²) in [6, 6.07) is 6.05. The fourth-order valence-corrected chi connectivity index (χ4v) is 2.29. The van der Waals surface area contributed by atoms with Crippen molar-refractivity contribution in [2.75, 3.05) is 5.32 Å². The minimum absolute atomic E-state index is 0.219. The van der Waals surface area contributed by atoms with E-state index in [9.17, 15) is 9.59 Å². The highest BCUT2D eigenvalue weighted by Gasteiger charge is 2.13. The van der Waals surface area contributed by atoms with Gasteiger partial charge in [0.1, 0.15) is 0 Å². The molecule has 1 aromatic carbocycles. The van der Waals surface area contributed by atoms with Crippen molar-refractivity contribution < 1.29 is 14.7 Å². The maximum atomic E-state index is 12.0. The van der Waals surface area contributed by atoms with Gasteiger partial charge >= 0.3 is 12.0 Å². The van der Waals surface area contributed by atoms with Gasteiger partial charge in [-0.15, -0.1) is 0 Å². The van der Waals surface area contributed by atoms with Gasteiger partial charge in [0.25, 0.3) is 0 Å². The van der Waals surface area contributed by atoms with Gasteiger partial charge in [-0.1, -0.05) is 12.1 Å². The van der Waals surface area contributed by atoms with Crippen LogP contribution in [0.1, 0.15) is 34.2 Å². The van der Waals surface area contributed by atoms with Crippen LogP contribution in [-0.4, -0.2) is 26.9 Å². The number of nitrogens with one attached hydrogen (secondary N) is 2. The molecule has 7 nitrogen and oxygen atoms in total. The number of nitrogens with zero attached hydrogens (tertiary/aromatic N) is 2. The van der Waals surface area contributed by atoms with Gasteiger partial charge in [0.2, 0.25) is 0 Å². The molecule has 2 aromatic rings. The Morgan fingerprint density at radius 1 is 1.22 bits per heavy atom. The zero-order chi connectivity index (χ0) is 17.0. The van der Waals surface area contributed by atoms with Crippen LogP contribution in [-0.2, 0) is 13.1 Å². The molecule has 7 heteroatoms. The quantitative estimate of drug-likeness (QED) is 0.789. The topological polar surface area (TPSA) is 96.3 Å². The summed E-state index contributed by atoms with van der Waals surface area (Å²) in [7, 11) is 0. The van der Waals surface area contributed by atoms with E-state index in [2.05, 4.69) is 15.7 Å². The number of carbonyl (C=O) groups is 2. The molecule has 2 rings (SSSR count). The second-order valence-electron chi connectivity index (χ2n) is 5.17. The Morgan fingerprint density at radius 3 is 2.39 bits per heavy atom. The number of hydrogen-bond acceptors (Lipinski definition) is 3. The van der Waals surface area contributed by atoms with Crippen molar-refractivity contribution in [3.8, 4) is 0 Å². The van der Waals surface area contributed by atoms with Crippen LogP contribution in [0.25, 0.3) is 0 Å². The lowest BCUT2D eigenvalue weighted by Crippen LogP contribution is -2.28. The van der Waals surface area contributed by atoms with E-state index in [4.69, 9.17) is 5.11 Å². The number of amides is 2. The summed E-state index contributed by atoms with van der Waals surface area (Å²) >= 11 is 0. The molecule has 0 spiro atoms. The molecule has 0 unspecified atom stereocenters. The van der Waals surface area contributed by atoms with Crippen molar-refractivity contribution in [1.29, 1.82) is 0 Å². The predicted octanol–water partition coefficient (Wildman–Crippen LogP) is 2.54. The minimum atomic E-state index is -0.971. The number of hydrogen-bond donors (Lipinski definition) is 3. The van der Waals surface area contributed by atoms with Crippen LogP contribution < -0.4 is 10.6 Å². The summed E-state index contributed by atoms with van der Waals surface area (Å²) in [6.45, 7) is 6.80. The Hall–Kier alpha value is -2.83. The van der Waals surface area contributed by atoms with E-state index < -0.39 is 5.97 Å². The van der Waals surface area contributed by atoms with Crippen molar-refractivity contribution in [2.24, 2.45) is 0 Å². The number of anilines is 1. The van der Waals surface area contributed by atoms with E-state index in [1.807, 2.05) is 25.5 Å². The number of carboxylic acid groups (broad SMARTS) is 1. The second-order valence-corrected chi connectivity index (χ2v) is 5.17. The molecular weight excluding hydrogens is 296 g/mol. The first-order chi connectivity index (χ1) is 10.9. The van der Waals surface area contributed by atoms with Crippen LogP contribution >= 0.6 is 0 Å². The molecule has 0 saturated carbocycles. The lowest BCUT2D eigenvalue weighted by atomic mass is 10.1. The predicted molar refractivity (Wildman–Crippen MR) is 86.6 cm³/mol. The molecule has 0 saturated heterocycles. The van der Waals surface area contributed by atoms with Gasteiger partial charge in [-0.05, 0) is 38.5 Å². The SMILES string of the molecule is CCn1nc(C)c(NC(=O)NCc2ccc(C(=O)O)cc2)c1C. The van der Waals surface area contributed by atoms with Gasteiger partial charge in [-0.2, -0.15) is 5.10 Å². The standard InChI is InChI=1S/C16H20N4O3/c1-4-20-11(3)14(10(2)19-20)18-16(23)17-9-12-5-7-13(8-6-12)15(21)22/h5-8H,4,9H2,1-3H3,(H,21,22)(H2,17,18,23). The smallest absolute Gasteiger partial charge is 0.335 e. The highest BCUT2D eigenvalue weighted by atomic mass is 16.4. The number of carbonyl (C=O) groups excluding carboxylic acids is 1. The Balaban J connectivity index is 1.95. The summed E-state index contributed by atoms with van der Waals surface area (Å²) in [5.41, 5.74) is 3.43. The maximum absolute atomic E-state index is 12.0. The number of aryl methyl sites for hydroxylation is 2. The van der Waals surface area contributed by atoms with E-state index in [1.54, 1.807) is 12.1 Å². The lowest BCUT2D eigenvalue weighted by Gasteiger charge is -2.08. The highest BCUT2D eigenvalue weighted by Crippen LogP contribution is 2.19.